The summed E-state index contributed by atoms with van der Waals surface area (Å²) in [5.41, 5.74) is 6.42. The van der Waals surface area contributed by atoms with E-state index in [1.165, 1.54) is 0 Å². The molecule has 0 aliphatic rings. The molecule has 0 fully saturated rings. The van der Waals surface area contributed by atoms with Gasteiger partial charge in [0, 0.05) is 17.1 Å². The predicted octanol–water partition coefficient (Wildman–Crippen LogP) is 3.29. The normalized spacial score (nSPS) is 12.5. The van der Waals surface area contributed by atoms with Gasteiger partial charge < -0.3 is 11.1 Å². The molecule has 1 amide bonds. The second-order valence-electron chi connectivity index (χ2n) is 4.99. The quantitative estimate of drug-likeness (QED) is 0.832. The zero-order valence-corrected chi connectivity index (χ0v) is 11.7. The first-order valence-corrected chi connectivity index (χ1v) is 6.64. The molecule has 0 aliphatic heterocycles. The van der Waals surface area contributed by atoms with Crippen molar-refractivity contribution >= 4 is 23.2 Å². The number of hydrogen-bond donors (Lipinski definition) is 2. The SMILES string of the molecule is CC(C)C[C@H](CN)CC(=O)Nc1cccc(Cl)c1. The lowest BCUT2D eigenvalue weighted by Crippen LogP contribution is -2.23. The van der Waals surface area contributed by atoms with Gasteiger partial charge in [-0.05, 0) is 43.0 Å². The highest BCUT2D eigenvalue weighted by Crippen LogP contribution is 2.18. The average Bonchev–Trinajstić information content (AvgIpc) is 2.27. The molecular formula is C14H21ClN2O. The van der Waals surface area contributed by atoms with Crippen LogP contribution in [0.1, 0.15) is 26.7 Å². The van der Waals surface area contributed by atoms with Gasteiger partial charge in [-0.2, -0.15) is 0 Å². The Morgan fingerprint density at radius 1 is 1.44 bits per heavy atom. The smallest absolute Gasteiger partial charge is 0.224 e. The summed E-state index contributed by atoms with van der Waals surface area (Å²) in [6.45, 7) is 4.82. The van der Waals surface area contributed by atoms with E-state index in [9.17, 15) is 4.79 Å². The van der Waals surface area contributed by atoms with E-state index in [4.69, 9.17) is 17.3 Å². The van der Waals surface area contributed by atoms with Crippen molar-refractivity contribution in [3.05, 3.63) is 29.3 Å². The third kappa shape index (κ3) is 5.52. The number of halogens is 1. The molecule has 1 aromatic rings. The fraction of sp³-hybridized carbons (Fsp3) is 0.500. The molecule has 0 bridgehead atoms. The molecule has 0 saturated carbocycles. The molecule has 0 aliphatic carbocycles. The van der Waals surface area contributed by atoms with Crippen molar-refractivity contribution in [1.29, 1.82) is 0 Å². The highest BCUT2D eigenvalue weighted by atomic mass is 35.5. The summed E-state index contributed by atoms with van der Waals surface area (Å²) in [4.78, 5) is 11.9. The third-order valence-electron chi connectivity index (χ3n) is 2.72. The maximum Gasteiger partial charge on any atom is 0.224 e. The molecular weight excluding hydrogens is 248 g/mol. The fourth-order valence-corrected chi connectivity index (χ4v) is 2.16. The van der Waals surface area contributed by atoms with Crippen LogP contribution in [0.4, 0.5) is 5.69 Å². The molecule has 100 valence electrons. The summed E-state index contributed by atoms with van der Waals surface area (Å²) >= 11 is 5.86. The van der Waals surface area contributed by atoms with Gasteiger partial charge in [0.25, 0.3) is 0 Å². The summed E-state index contributed by atoms with van der Waals surface area (Å²) in [7, 11) is 0. The average molecular weight is 269 g/mol. The molecule has 0 spiro atoms. The van der Waals surface area contributed by atoms with Crippen molar-refractivity contribution in [3.8, 4) is 0 Å². The molecule has 1 rings (SSSR count). The Kier molecular flexibility index (Phi) is 6.16. The van der Waals surface area contributed by atoms with Crippen LogP contribution in [0.5, 0.6) is 0 Å². The minimum Gasteiger partial charge on any atom is -0.330 e. The number of benzene rings is 1. The van der Waals surface area contributed by atoms with Gasteiger partial charge in [-0.25, -0.2) is 0 Å². The number of rotatable bonds is 6. The first-order chi connectivity index (χ1) is 8.51. The summed E-state index contributed by atoms with van der Waals surface area (Å²) < 4.78 is 0. The van der Waals surface area contributed by atoms with Crippen LogP contribution in [-0.4, -0.2) is 12.5 Å². The molecule has 0 saturated heterocycles. The van der Waals surface area contributed by atoms with Gasteiger partial charge in [0.15, 0.2) is 0 Å². The molecule has 3 N–H and O–H groups in total. The van der Waals surface area contributed by atoms with Gasteiger partial charge in [0.05, 0.1) is 0 Å². The van der Waals surface area contributed by atoms with E-state index >= 15 is 0 Å². The monoisotopic (exact) mass is 268 g/mol. The van der Waals surface area contributed by atoms with Gasteiger partial charge in [-0.15, -0.1) is 0 Å². The van der Waals surface area contributed by atoms with Gasteiger partial charge in [-0.1, -0.05) is 31.5 Å². The highest BCUT2D eigenvalue weighted by molar-refractivity contribution is 6.30. The van der Waals surface area contributed by atoms with Crippen LogP contribution in [0.2, 0.25) is 5.02 Å². The number of hydrogen-bond acceptors (Lipinski definition) is 2. The molecule has 0 aromatic heterocycles. The first kappa shape index (κ1) is 15.0. The molecule has 0 radical (unpaired) electrons. The number of nitrogens with one attached hydrogen (secondary N) is 1. The number of carbonyl (C=O) groups excluding carboxylic acids is 1. The van der Waals surface area contributed by atoms with Crippen LogP contribution >= 0.6 is 11.6 Å². The maximum atomic E-state index is 11.9. The van der Waals surface area contributed by atoms with Gasteiger partial charge >= 0.3 is 0 Å². The molecule has 3 nitrogen and oxygen atoms in total. The number of amides is 1. The first-order valence-electron chi connectivity index (χ1n) is 6.26. The lowest BCUT2D eigenvalue weighted by atomic mass is 9.94. The molecule has 1 atom stereocenters. The Morgan fingerprint density at radius 2 is 2.17 bits per heavy atom. The zero-order chi connectivity index (χ0) is 13.5. The second kappa shape index (κ2) is 7.39. The Morgan fingerprint density at radius 3 is 2.72 bits per heavy atom. The molecule has 4 heteroatoms. The lowest BCUT2D eigenvalue weighted by molar-refractivity contribution is -0.117. The second-order valence-corrected chi connectivity index (χ2v) is 5.43. The Hall–Kier alpha value is -1.06. The van der Waals surface area contributed by atoms with Crippen LogP contribution < -0.4 is 11.1 Å². The van der Waals surface area contributed by atoms with Crippen LogP contribution in [0.25, 0.3) is 0 Å². The number of nitrogens with two attached hydrogens (primary N) is 1. The Bertz CT molecular complexity index is 393. The van der Waals surface area contributed by atoms with E-state index < -0.39 is 0 Å². The molecule has 0 unspecified atom stereocenters. The summed E-state index contributed by atoms with van der Waals surface area (Å²) in [6.07, 6.45) is 1.43. The van der Waals surface area contributed by atoms with E-state index in [1.807, 2.05) is 12.1 Å². The lowest BCUT2D eigenvalue weighted by Gasteiger charge is -2.16. The molecule has 0 heterocycles. The van der Waals surface area contributed by atoms with E-state index in [1.54, 1.807) is 12.1 Å². The minimum atomic E-state index is -0.00614. The zero-order valence-electron chi connectivity index (χ0n) is 10.9. The predicted molar refractivity (Wildman–Crippen MR) is 76.7 cm³/mol. The topological polar surface area (TPSA) is 55.1 Å². The van der Waals surface area contributed by atoms with Crippen molar-refractivity contribution in [2.24, 2.45) is 17.6 Å². The summed E-state index contributed by atoms with van der Waals surface area (Å²) in [5, 5.41) is 3.46. The van der Waals surface area contributed by atoms with Crippen LogP contribution in [0.15, 0.2) is 24.3 Å². The third-order valence-corrected chi connectivity index (χ3v) is 2.96. The van der Waals surface area contributed by atoms with E-state index in [0.29, 0.717) is 23.9 Å². The fourth-order valence-electron chi connectivity index (χ4n) is 1.97. The van der Waals surface area contributed by atoms with Crippen molar-refractivity contribution in [2.75, 3.05) is 11.9 Å². The van der Waals surface area contributed by atoms with Crippen LogP contribution in [0.3, 0.4) is 0 Å². The Balaban J connectivity index is 2.50. The van der Waals surface area contributed by atoms with Crippen LogP contribution in [-0.2, 0) is 4.79 Å². The maximum absolute atomic E-state index is 11.9. The van der Waals surface area contributed by atoms with Gasteiger partial charge in [0.2, 0.25) is 5.91 Å². The largest absolute Gasteiger partial charge is 0.330 e. The summed E-state index contributed by atoms with van der Waals surface area (Å²) in [5.74, 6) is 0.787. The van der Waals surface area contributed by atoms with Crippen molar-refractivity contribution in [2.45, 2.75) is 26.7 Å². The number of anilines is 1. The molecule has 1 aromatic carbocycles. The van der Waals surface area contributed by atoms with Gasteiger partial charge in [-0.3, -0.25) is 4.79 Å². The van der Waals surface area contributed by atoms with Crippen LogP contribution in [0, 0.1) is 11.8 Å². The van der Waals surface area contributed by atoms with Crippen molar-refractivity contribution < 1.29 is 4.79 Å². The summed E-state index contributed by atoms with van der Waals surface area (Å²) in [6, 6.07) is 7.15. The minimum absolute atomic E-state index is 0.00614. The van der Waals surface area contributed by atoms with Gasteiger partial charge in [0.1, 0.15) is 0 Å². The standard InChI is InChI=1S/C14H21ClN2O/c1-10(2)6-11(9-16)7-14(18)17-13-5-3-4-12(15)8-13/h3-5,8,10-11H,6-7,9,16H2,1-2H3,(H,17,18)/t11-/m0/s1. The van der Waals surface area contributed by atoms with Crippen molar-refractivity contribution in [1.82, 2.24) is 0 Å². The van der Waals surface area contributed by atoms with E-state index in [2.05, 4.69) is 19.2 Å². The van der Waals surface area contributed by atoms with E-state index in [-0.39, 0.29) is 11.8 Å². The van der Waals surface area contributed by atoms with E-state index in [0.717, 1.165) is 12.1 Å². The Labute approximate surface area is 114 Å². The number of carbonyl (C=O) groups is 1. The van der Waals surface area contributed by atoms with Crippen molar-refractivity contribution in [3.63, 3.8) is 0 Å². The highest BCUT2D eigenvalue weighted by Gasteiger charge is 2.14. The molecule has 18 heavy (non-hydrogen) atoms.